The maximum Gasteiger partial charge on any atom is 0.416 e. The quantitative estimate of drug-likeness (QED) is 0.330. The fraction of sp³-hybridized carbons (Fsp3) is 0.273. The van der Waals surface area contributed by atoms with Crippen molar-refractivity contribution < 1.29 is 49.1 Å². The second-order valence-corrected chi connectivity index (χ2v) is 8.75. The van der Waals surface area contributed by atoms with Gasteiger partial charge in [-0.05, 0) is 57.4 Å². The van der Waals surface area contributed by atoms with Crippen LogP contribution in [0.25, 0.3) is 6.08 Å². The van der Waals surface area contributed by atoms with Gasteiger partial charge in [0.05, 0.1) is 23.6 Å². The summed E-state index contributed by atoms with van der Waals surface area (Å²) in [6, 6.07) is 5.23. The number of amides is 2. The SMILES string of the molecule is O=C(CNC(=O)c1ccc(C=CC(c2cc(Cl)cc(C(F)(F)F)c2)C(F)(F)F)cc1Br)NCC(F)(F)F. The fourth-order valence-electron chi connectivity index (χ4n) is 2.91. The molecule has 0 aromatic heterocycles. The van der Waals surface area contributed by atoms with Crippen LogP contribution in [0.4, 0.5) is 39.5 Å². The summed E-state index contributed by atoms with van der Waals surface area (Å²) in [6.45, 7) is -2.35. The molecule has 0 aliphatic rings. The Hall–Kier alpha value is -2.74. The van der Waals surface area contributed by atoms with E-state index in [0.717, 1.165) is 18.2 Å². The Morgan fingerprint density at radius 2 is 1.59 bits per heavy atom. The molecule has 1 atom stereocenters. The molecule has 0 heterocycles. The standard InChI is InChI=1S/C22H15BrClF9N2O2/c23-17-5-11(1-3-15(17)19(37)34-9-18(36)35-10-20(25,26)27)2-4-16(22(31,32)33)12-6-13(21(28,29)30)8-14(24)7-12/h1-8,16H,9-10H2,(H,34,37)(H,35,36). The topological polar surface area (TPSA) is 58.2 Å². The summed E-state index contributed by atoms with van der Waals surface area (Å²) in [4.78, 5) is 23.6. The van der Waals surface area contributed by atoms with Gasteiger partial charge in [0.15, 0.2) is 0 Å². The van der Waals surface area contributed by atoms with E-state index < -0.39 is 65.5 Å². The van der Waals surface area contributed by atoms with Crippen LogP contribution in [0.2, 0.25) is 5.02 Å². The van der Waals surface area contributed by atoms with Gasteiger partial charge in [-0.3, -0.25) is 9.59 Å². The molecule has 2 aromatic carbocycles. The third kappa shape index (κ3) is 9.58. The normalized spacial score (nSPS) is 13.5. The summed E-state index contributed by atoms with van der Waals surface area (Å²) in [5, 5.41) is 3.12. The minimum absolute atomic E-state index is 0.0634. The number of nitrogens with one attached hydrogen (secondary N) is 2. The smallest absolute Gasteiger partial charge is 0.345 e. The van der Waals surface area contributed by atoms with Gasteiger partial charge in [-0.25, -0.2) is 0 Å². The van der Waals surface area contributed by atoms with Crippen LogP contribution in [0.15, 0.2) is 46.9 Å². The lowest BCUT2D eigenvalue weighted by molar-refractivity contribution is -0.142. The monoisotopic (exact) mass is 624 g/mol. The molecule has 4 nitrogen and oxygen atoms in total. The minimum Gasteiger partial charge on any atom is -0.345 e. The van der Waals surface area contributed by atoms with Crippen LogP contribution >= 0.6 is 27.5 Å². The van der Waals surface area contributed by atoms with Crippen LogP contribution in [0, 0.1) is 0 Å². The molecule has 37 heavy (non-hydrogen) atoms. The highest BCUT2D eigenvalue weighted by atomic mass is 79.9. The molecule has 0 bridgehead atoms. The van der Waals surface area contributed by atoms with E-state index in [9.17, 15) is 49.1 Å². The first-order chi connectivity index (χ1) is 16.9. The molecule has 0 saturated carbocycles. The van der Waals surface area contributed by atoms with Crippen molar-refractivity contribution in [1.29, 1.82) is 0 Å². The van der Waals surface area contributed by atoms with E-state index >= 15 is 0 Å². The van der Waals surface area contributed by atoms with Gasteiger partial charge in [0, 0.05) is 9.50 Å². The first-order valence-corrected chi connectivity index (χ1v) is 11.1. The highest BCUT2D eigenvalue weighted by Gasteiger charge is 2.40. The van der Waals surface area contributed by atoms with Gasteiger partial charge >= 0.3 is 18.5 Å². The van der Waals surface area contributed by atoms with E-state index in [0.29, 0.717) is 18.2 Å². The maximum absolute atomic E-state index is 13.7. The minimum atomic E-state index is -4.96. The van der Waals surface area contributed by atoms with Crippen molar-refractivity contribution in [1.82, 2.24) is 10.6 Å². The Bertz CT molecular complexity index is 1180. The van der Waals surface area contributed by atoms with E-state index in [4.69, 9.17) is 11.6 Å². The zero-order valence-corrected chi connectivity index (χ0v) is 20.4. The molecule has 0 fully saturated rings. The third-order valence-corrected chi connectivity index (χ3v) is 5.45. The van der Waals surface area contributed by atoms with E-state index in [1.165, 1.54) is 12.1 Å². The van der Waals surface area contributed by atoms with Crippen molar-refractivity contribution in [3.05, 3.63) is 74.2 Å². The van der Waals surface area contributed by atoms with Crippen molar-refractivity contribution in [2.75, 3.05) is 13.1 Å². The lowest BCUT2D eigenvalue weighted by atomic mass is 9.95. The summed E-state index contributed by atoms with van der Waals surface area (Å²) < 4.78 is 116. The second-order valence-electron chi connectivity index (χ2n) is 7.46. The Kier molecular flexibility index (Phi) is 9.69. The number of alkyl halides is 9. The van der Waals surface area contributed by atoms with Crippen molar-refractivity contribution in [3.8, 4) is 0 Å². The third-order valence-electron chi connectivity index (χ3n) is 4.57. The highest BCUT2D eigenvalue weighted by molar-refractivity contribution is 9.10. The predicted molar refractivity (Wildman–Crippen MR) is 120 cm³/mol. The zero-order valence-electron chi connectivity index (χ0n) is 18.1. The molecule has 0 aliphatic heterocycles. The van der Waals surface area contributed by atoms with Crippen LogP contribution in [0.1, 0.15) is 33.0 Å². The predicted octanol–water partition coefficient (Wildman–Crippen LogP) is 6.89. The number of carbonyl (C=O) groups is 2. The molecule has 0 saturated heterocycles. The zero-order chi connectivity index (χ0) is 28.2. The number of rotatable bonds is 7. The van der Waals surface area contributed by atoms with Crippen molar-refractivity contribution in [2.45, 2.75) is 24.4 Å². The molecule has 0 spiro atoms. The van der Waals surface area contributed by atoms with Crippen LogP contribution in [-0.2, 0) is 11.0 Å². The number of benzene rings is 2. The lowest BCUT2D eigenvalue weighted by Crippen LogP contribution is -2.40. The van der Waals surface area contributed by atoms with Gasteiger partial charge in [0.1, 0.15) is 6.54 Å². The average Bonchev–Trinajstić information content (AvgIpc) is 2.74. The maximum atomic E-state index is 13.7. The number of allylic oxidation sites excluding steroid dienone is 1. The van der Waals surface area contributed by atoms with Gasteiger partial charge in [0.2, 0.25) is 5.91 Å². The summed E-state index contributed by atoms with van der Waals surface area (Å²) in [7, 11) is 0. The molecule has 2 N–H and O–H groups in total. The Morgan fingerprint density at radius 1 is 0.946 bits per heavy atom. The number of hydrogen-bond donors (Lipinski definition) is 2. The molecule has 2 rings (SSSR count). The Morgan fingerprint density at radius 3 is 2.14 bits per heavy atom. The van der Waals surface area contributed by atoms with Gasteiger partial charge < -0.3 is 10.6 Å². The van der Waals surface area contributed by atoms with Gasteiger partial charge in [-0.15, -0.1) is 0 Å². The fourth-order valence-corrected chi connectivity index (χ4v) is 3.73. The highest BCUT2D eigenvalue weighted by Crippen LogP contribution is 2.40. The first-order valence-electron chi connectivity index (χ1n) is 9.90. The van der Waals surface area contributed by atoms with E-state index in [1.54, 1.807) is 5.32 Å². The van der Waals surface area contributed by atoms with Crippen molar-refractivity contribution >= 4 is 45.4 Å². The molecule has 1 unspecified atom stereocenters. The van der Waals surface area contributed by atoms with Crippen LogP contribution < -0.4 is 10.6 Å². The van der Waals surface area contributed by atoms with Gasteiger partial charge in [-0.1, -0.05) is 29.8 Å². The van der Waals surface area contributed by atoms with Crippen molar-refractivity contribution in [3.63, 3.8) is 0 Å². The molecule has 202 valence electrons. The molecule has 15 heteroatoms. The van der Waals surface area contributed by atoms with Crippen LogP contribution in [0.5, 0.6) is 0 Å². The summed E-state index contributed by atoms with van der Waals surface area (Å²) in [6.07, 6.45) is -12.9. The summed E-state index contributed by atoms with van der Waals surface area (Å²) in [5.41, 5.74) is -2.04. The lowest BCUT2D eigenvalue weighted by Gasteiger charge is -2.19. The van der Waals surface area contributed by atoms with E-state index in [2.05, 4.69) is 21.2 Å². The summed E-state index contributed by atoms with van der Waals surface area (Å²) >= 11 is 8.64. The number of hydrogen-bond acceptors (Lipinski definition) is 2. The molecular formula is C22H15BrClF9N2O2. The second kappa shape index (κ2) is 11.8. The molecule has 2 amide bonds. The van der Waals surface area contributed by atoms with Gasteiger partial charge in [0.25, 0.3) is 5.91 Å². The van der Waals surface area contributed by atoms with E-state index in [1.807, 2.05) is 0 Å². The van der Waals surface area contributed by atoms with Crippen LogP contribution in [0.3, 0.4) is 0 Å². The van der Waals surface area contributed by atoms with Crippen LogP contribution in [-0.4, -0.2) is 37.3 Å². The Balaban J connectivity index is 2.20. The van der Waals surface area contributed by atoms with Gasteiger partial charge in [-0.2, -0.15) is 39.5 Å². The molecular weight excluding hydrogens is 611 g/mol. The number of carbonyl (C=O) groups excluding carboxylic acids is 2. The molecule has 2 aromatic rings. The largest absolute Gasteiger partial charge is 0.416 e. The average molecular weight is 626 g/mol. The molecule has 0 aliphatic carbocycles. The van der Waals surface area contributed by atoms with Crippen molar-refractivity contribution in [2.24, 2.45) is 0 Å². The van der Waals surface area contributed by atoms with E-state index in [-0.39, 0.29) is 15.6 Å². The first kappa shape index (κ1) is 30.5. The number of halogens is 11. The Labute approximate surface area is 217 Å². The summed E-state index contributed by atoms with van der Waals surface area (Å²) in [5.74, 6) is -4.41. The molecule has 0 radical (unpaired) electrons.